The lowest BCUT2D eigenvalue weighted by Crippen LogP contribution is -2.41. The molecule has 2 aliphatic rings. The lowest BCUT2D eigenvalue weighted by Gasteiger charge is -2.23. The smallest absolute Gasteiger partial charge is 0.317 e. The molecular formula is C46H68N6O2+2. The normalized spacial score (nSPS) is 14.9. The summed E-state index contributed by atoms with van der Waals surface area (Å²) in [4.78, 5) is 26.1. The Bertz CT molecular complexity index is 1440. The van der Waals surface area contributed by atoms with Gasteiger partial charge in [-0.05, 0) is 47.9 Å². The van der Waals surface area contributed by atoms with Crippen molar-refractivity contribution < 1.29 is 18.7 Å². The van der Waals surface area contributed by atoms with E-state index < -0.39 is 0 Å². The Balaban J connectivity index is 0.000000194. The third-order valence-corrected chi connectivity index (χ3v) is 9.85. The number of rotatable bonds is 4. The van der Waals surface area contributed by atoms with E-state index in [-0.39, 0.29) is 12.1 Å². The minimum Gasteiger partial charge on any atom is -0.335 e. The van der Waals surface area contributed by atoms with Crippen LogP contribution in [0.15, 0.2) is 110 Å². The van der Waals surface area contributed by atoms with Gasteiger partial charge < -0.3 is 20.4 Å². The van der Waals surface area contributed by atoms with Crippen molar-refractivity contribution in [3.8, 4) is 22.3 Å². The van der Waals surface area contributed by atoms with Crippen molar-refractivity contribution in [3.63, 3.8) is 0 Å². The summed E-state index contributed by atoms with van der Waals surface area (Å²) in [7, 11) is 11.2. The van der Waals surface area contributed by atoms with Gasteiger partial charge in [-0.2, -0.15) is 0 Å². The number of carbonyl (C=O) groups excluding carboxylic acids is 2. The quantitative estimate of drug-likeness (QED) is 0.205. The molecular weight excluding hydrogens is 669 g/mol. The van der Waals surface area contributed by atoms with Gasteiger partial charge in [0, 0.05) is 64.5 Å². The van der Waals surface area contributed by atoms with Crippen LogP contribution in [0.3, 0.4) is 0 Å². The maximum Gasteiger partial charge on any atom is 0.317 e. The Morgan fingerprint density at radius 1 is 0.444 bits per heavy atom. The molecule has 0 unspecified atom stereocenters. The number of benzene rings is 2. The second-order valence-electron chi connectivity index (χ2n) is 15.0. The van der Waals surface area contributed by atoms with E-state index in [1.165, 1.54) is 86.5 Å². The summed E-state index contributed by atoms with van der Waals surface area (Å²) in [6, 6.07) is 30.2. The second kappa shape index (κ2) is 25.3. The third kappa shape index (κ3) is 17.9. The third-order valence-electron chi connectivity index (χ3n) is 9.85. The van der Waals surface area contributed by atoms with Gasteiger partial charge in [-0.25, -0.2) is 18.7 Å². The first-order valence-corrected chi connectivity index (χ1v) is 20.1. The zero-order valence-electron chi connectivity index (χ0n) is 34.1. The molecule has 6 rings (SSSR count). The van der Waals surface area contributed by atoms with Crippen LogP contribution in [0.2, 0.25) is 0 Å². The van der Waals surface area contributed by atoms with Gasteiger partial charge >= 0.3 is 12.1 Å². The predicted octanol–water partition coefficient (Wildman–Crippen LogP) is 9.10. The molecule has 0 radical (unpaired) electrons. The Kier molecular flexibility index (Phi) is 20.5. The number of pyridine rings is 2. The van der Waals surface area contributed by atoms with E-state index in [1.54, 1.807) is 38.0 Å². The summed E-state index contributed by atoms with van der Waals surface area (Å²) in [5.74, 6) is 0. The lowest BCUT2D eigenvalue weighted by atomic mass is 9.97. The monoisotopic (exact) mass is 737 g/mol. The molecule has 2 saturated carbocycles. The molecule has 0 atom stereocenters. The molecule has 0 bridgehead atoms. The van der Waals surface area contributed by atoms with Crippen molar-refractivity contribution in [1.82, 2.24) is 20.4 Å². The van der Waals surface area contributed by atoms with Gasteiger partial charge in [0.05, 0.1) is 0 Å². The highest BCUT2D eigenvalue weighted by Gasteiger charge is 2.15. The van der Waals surface area contributed by atoms with Gasteiger partial charge in [0.1, 0.15) is 14.1 Å². The molecule has 0 aliphatic heterocycles. The lowest BCUT2D eigenvalue weighted by molar-refractivity contribution is -0.671. The fourth-order valence-corrected chi connectivity index (χ4v) is 6.46. The first-order valence-electron chi connectivity index (χ1n) is 20.1. The van der Waals surface area contributed by atoms with Gasteiger partial charge in [-0.3, -0.25) is 0 Å². The fraction of sp³-hybridized carbons (Fsp3) is 0.478. The van der Waals surface area contributed by atoms with Gasteiger partial charge in [-0.1, -0.05) is 125 Å². The van der Waals surface area contributed by atoms with E-state index in [9.17, 15) is 9.59 Å². The van der Waals surface area contributed by atoms with E-state index >= 15 is 0 Å². The molecule has 2 aromatic carbocycles. The van der Waals surface area contributed by atoms with Crippen LogP contribution >= 0.6 is 0 Å². The van der Waals surface area contributed by atoms with Crippen molar-refractivity contribution in [1.29, 1.82) is 0 Å². The molecule has 4 amide bonds. The Morgan fingerprint density at radius 3 is 0.981 bits per heavy atom. The summed E-state index contributed by atoms with van der Waals surface area (Å²) in [6.45, 7) is 0. The van der Waals surface area contributed by atoms with Crippen LogP contribution in [0.4, 0.5) is 9.59 Å². The maximum absolute atomic E-state index is 11.4. The van der Waals surface area contributed by atoms with Crippen LogP contribution in [-0.2, 0) is 14.1 Å². The minimum atomic E-state index is 0.0515. The number of nitrogens with one attached hydrogen (secondary N) is 2. The highest BCUT2D eigenvalue weighted by Crippen LogP contribution is 2.19. The molecule has 2 N–H and O–H groups in total. The topological polar surface area (TPSA) is 72.4 Å². The number of nitrogens with zero attached hydrogens (tertiary/aromatic N) is 4. The average molecular weight is 737 g/mol. The highest BCUT2D eigenvalue weighted by molar-refractivity contribution is 5.74. The fourth-order valence-electron chi connectivity index (χ4n) is 6.46. The number of hydrogen-bond donors (Lipinski definition) is 2. The summed E-state index contributed by atoms with van der Waals surface area (Å²) in [5, 5.41) is 6.15. The molecule has 2 aliphatic carbocycles. The molecule has 2 fully saturated rings. The average Bonchev–Trinajstić information content (AvgIpc) is 3.16. The zero-order chi connectivity index (χ0) is 39.0. The van der Waals surface area contributed by atoms with Gasteiger partial charge in [0.25, 0.3) is 0 Å². The molecule has 8 heteroatoms. The van der Waals surface area contributed by atoms with Crippen LogP contribution < -0.4 is 19.8 Å². The van der Waals surface area contributed by atoms with Crippen LogP contribution in [0.5, 0.6) is 0 Å². The Hall–Kier alpha value is -4.72. The number of amides is 4. The summed E-state index contributed by atoms with van der Waals surface area (Å²) < 4.78 is 4.07. The van der Waals surface area contributed by atoms with Crippen LogP contribution in [0, 0.1) is 0 Å². The van der Waals surface area contributed by atoms with E-state index in [4.69, 9.17) is 0 Å². The standard InChI is InChI=1S/2C12H12N.2C11H22N2O/c2*1-13-9-7-12(8-10-13)11-5-3-2-4-6-11;2*1-13(2)11(14)12-10-8-6-4-3-5-7-9-10/h2*2-10H,1H3;2*10H,3-9H2,1-2H3,(H,12,14)/q2*+1;;. The van der Waals surface area contributed by atoms with E-state index in [2.05, 4.69) is 108 Å². The first-order chi connectivity index (χ1) is 26.1. The molecule has 2 aromatic heterocycles. The molecule has 54 heavy (non-hydrogen) atoms. The number of aryl methyl sites for hydroxylation is 2. The minimum absolute atomic E-state index is 0.0515. The van der Waals surface area contributed by atoms with Crippen molar-refractivity contribution in [2.45, 2.75) is 102 Å². The van der Waals surface area contributed by atoms with Crippen molar-refractivity contribution >= 4 is 12.1 Å². The van der Waals surface area contributed by atoms with Gasteiger partial charge in [0.15, 0.2) is 24.8 Å². The van der Waals surface area contributed by atoms with Crippen molar-refractivity contribution in [2.24, 2.45) is 14.1 Å². The molecule has 0 spiro atoms. The molecule has 4 aromatic rings. The molecule has 8 nitrogen and oxygen atoms in total. The molecule has 0 saturated heterocycles. The summed E-state index contributed by atoms with van der Waals surface area (Å²) >= 11 is 0. The first kappa shape index (κ1) is 43.7. The SMILES string of the molecule is CN(C)C(=O)NC1CCCCCCC1.CN(C)C(=O)NC1CCCCCCC1.C[n+]1ccc(-c2ccccc2)cc1.C[n+]1ccc(-c2ccccc2)cc1. The maximum atomic E-state index is 11.4. The number of carbonyl (C=O) groups is 2. The van der Waals surface area contributed by atoms with E-state index in [0.29, 0.717) is 12.1 Å². The highest BCUT2D eigenvalue weighted by atomic mass is 16.2. The Morgan fingerprint density at radius 2 is 0.704 bits per heavy atom. The number of aromatic nitrogens is 2. The summed E-state index contributed by atoms with van der Waals surface area (Å²) in [6.07, 6.45) is 25.9. The van der Waals surface area contributed by atoms with Crippen LogP contribution in [0.25, 0.3) is 22.3 Å². The number of hydrogen-bond acceptors (Lipinski definition) is 2. The van der Waals surface area contributed by atoms with Crippen LogP contribution in [0.1, 0.15) is 89.9 Å². The number of urea groups is 2. The van der Waals surface area contributed by atoms with Crippen molar-refractivity contribution in [2.75, 3.05) is 28.2 Å². The van der Waals surface area contributed by atoms with E-state index in [0.717, 1.165) is 25.7 Å². The van der Waals surface area contributed by atoms with E-state index in [1.807, 2.05) is 35.4 Å². The predicted molar refractivity (Wildman–Crippen MR) is 223 cm³/mol. The second-order valence-corrected chi connectivity index (χ2v) is 15.0. The molecule has 292 valence electrons. The largest absolute Gasteiger partial charge is 0.335 e. The molecule has 2 heterocycles. The summed E-state index contributed by atoms with van der Waals surface area (Å²) in [5.41, 5.74) is 5.06. The van der Waals surface area contributed by atoms with Gasteiger partial charge in [0.2, 0.25) is 0 Å². The van der Waals surface area contributed by atoms with Crippen molar-refractivity contribution in [3.05, 3.63) is 110 Å². The van der Waals surface area contributed by atoms with Crippen LogP contribution in [-0.4, -0.2) is 62.1 Å². The van der Waals surface area contributed by atoms with Gasteiger partial charge in [-0.15, -0.1) is 0 Å². The zero-order valence-corrected chi connectivity index (χ0v) is 34.1. The Labute approximate surface area is 326 Å².